The fraction of sp³-hybridized carbons (Fsp3) is 0.857. The van der Waals surface area contributed by atoms with Gasteiger partial charge in [0.1, 0.15) is 6.10 Å². The van der Waals surface area contributed by atoms with Crippen LogP contribution in [0.2, 0.25) is 0 Å². The van der Waals surface area contributed by atoms with Crippen LogP contribution in [0.4, 0.5) is 4.79 Å². The molecule has 0 bridgehead atoms. The van der Waals surface area contributed by atoms with Crippen LogP contribution in [0.5, 0.6) is 0 Å². The van der Waals surface area contributed by atoms with Crippen LogP contribution in [0.3, 0.4) is 0 Å². The van der Waals surface area contributed by atoms with Gasteiger partial charge >= 0.3 is 6.16 Å². The van der Waals surface area contributed by atoms with Gasteiger partial charge < -0.3 is 9.84 Å². The summed E-state index contributed by atoms with van der Waals surface area (Å²) < 4.78 is 4.53. The summed E-state index contributed by atoms with van der Waals surface area (Å²) in [6, 6.07) is 0. The minimum absolute atomic E-state index is 0.113. The Labute approximate surface area is 61.0 Å². The molecular formula is C7H14O3. The maximum atomic E-state index is 10.0. The predicted octanol–water partition coefficient (Wildman–Crippen LogP) is 2.12. The Balaban J connectivity index is 3.85. The SMILES string of the molecule is CC(OC(=O)O)C(C)(C)C. The van der Waals surface area contributed by atoms with Crippen molar-refractivity contribution >= 4 is 6.16 Å². The molecular weight excluding hydrogens is 132 g/mol. The van der Waals surface area contributed by atoms with E-state index in [1.54, 1.807) is 6.92 Å². The Morgan fingerprint density at radius 1 is 1.50 bits per heavy atom. The van der Waals surface area contributed by atoms with Crippen molar-refractivity contribution in [3.05, 3.63) is 0 Å². The van der Waals surface area contributed by atoms with Crippen LogP contribution >= 0.6 is 0 Å². The van der Waals surface area contributed by atoms with Crippen molar-refractivity contribution in [2.45, 2.75) is 33.8 Å². The Morgan fingerprint density at radius 3 is 2.00 bits per heavy atom. The first-order valence-electron chi connectivity index (χ1n) is 3.23. The van der Waals surface area contributed by atoms with E-state index in [2.05, 4.69) is 4.74 Å². The molecule has 0 spiro atoms. The van der Waals surface area contributed by atoms with Gasteiger partial charge in [0.25, 0.3) is 0 Å². The fourth-order valence-corrected chi connectivity index (χ4v) is 0.328. The number of carboxylic acid groups (broad SMARTS) is 1. The van der Waals surface area contributed by atoms with Crippen LogP contribution in [-0.4, -0.2) is 17.4 Å². The fourth-order valence-electron chi connectivity index (χ4n) is 0.328. The van der Waals surface area contributed by atoms with Gasteiger partial charge in [-0.3, -0.25) is 0 Å². The van der Waals surface area contributed by atoms with Crippen molar-refractivity contribution in [1.82, 2.24) is 0 Å². The molecule has 1 unspecified atom stereocenters. The van der Waals surface area contributed by atoms with Crippen molar-refractivity contribution in [1.29, 1.82) is 0 Å². The Hall–Kier alpha value is -0.730. The van der Waals surface area contributed by atoms with E-state index < -0.39 is 6.16 Å². The highest BCUT2D eigenvalue weighted by Crippen LogP contribution is 2.21. The molecule has 0 aromatic carbocycles. The average molecular weight is 146 g/mol. The molecule has 60 valence electrons. The third-order valence-corrected chi connectivity index (χ3v) is 1.50. The number of hydrogen-bond acceptors (Lipinski definition) is 2. The van der Waals surface area contributed by atoms with Crippen molar-refractivity contribution < 1.29 is 14.6 Å². The zero-order valence-electron chi connectivity index (χ0n) is 6.84. The van der Waals surface area contributed by atoms with E-state index >= 15 is 0 Å². The van der Waals surface area contributed by atoms with E-state index in [0.29, 0.717) is 0 Å². The molecule has 0 aliphatic rings. The Kier molecular flexibility index (Phi) is 2.69. The van der Waals surface area contributed by atoms with Crippen molar-refractivity contribution in [2.24, 2.45) is 5.41 Å². The molecule has 0 heterocycles. The first kappa shape index (κ1) is 9.27. The van der Waals surface area contributed by atoms with Gasteiger partial charge in [0.15, 0.2) is 0 Å². The number of ether oxygens (including phenoxy) is 1. The number of rotatable bonds is 1. The average Bonchev–Trinajstić information content (AvgIpc) is 1.60. The van der Waals surface area contributed by atoms with E-state index in [4.69, 9.17) is 5.11 Å². The summed E-state index contributed by atoms with van der Waals surface area (Å²) >= 11 is 0. The molecule has 1 atom stereocenters. The summed E-state index contributed by atoms with van der Waals surface area (Å²) in [6.45, 7) is 7.54. The molecule has 0 amide bonds. The number of hydrogen-bond donors (Lipinski definition) is 1. The molecule has 0 fully saturated rings. The van der Waals surface area contributed by atoms with E-state index in [9.17, 15) is 4.79 Å². The van der Waals surface area contributed by atoms with Gasteiger partial charge in [0.05, 0.1) is 0 Å². The quantitative estimate of drug-likeness (QED) is 0.576. The number of carbonyl (C=O) groups is 1. The van der Waals surface area contributed by atoms with Crippen LogP contribution in [0.15, 0.2) is 0 Å². The second-order valence-electron chi connectivity index (χ2n) is 3.39. The lowest BCUT2D eigenvalue weighted by molar-refractivity contribution is 0.0113. The third kappa shape index (κ3) is 3.33. The summed E-state index contributed by atoms with van der Waals surface area (Å²) in [5.41, 5.74) is -0.113. The van der Waals surface area contributed by atoms with Gasteiger partial charge in [0, 0.05) is 0 Å². The molecule has 0 radical (unpaired) electrons. The smallest absolute Gasteiger partial charge is 0.450 e. The van der Waals surface area contributed by atoms with Crippen LogP contribution in [0.25, 0.3) is 0 Å². The largest absolute Gasteiger partial charge is 0.506 e. The molecule has 1 N–H and O–H groups in total. The molecule has 0 aliphatic carbocycles. The topological polar surface area (TPSA) is 46.5 Å². The van der Waals surface area contributed by atoms with Crippen molar-refractivity contribution in [3.63, 3.8) is 0 Å². The van der Waals surface area contributed by atoms with Crippen LogP contribution in [0, 0.1) is 5.41 Å². The minimum Gasteiger partial charge on any atom is -0.450 e. The maximum absolute atomic E-state index is 10.0. The molecule has 0 saturated carbocycles. The standard InChI is InChI=1S/C7H14O3/c1-5(7(2,3)4)10-6(8)9/h5H,1-4H3,(H,8,9). The summed E-state index contributed by atoms with van der Waals surface area (Å²) in [5.74, 6) is 0. The van der Waals surface area contributed by atoms with Gasteiger partial charge in [-0.25, -0.2) is 4.79 Å². The molecule has 0 rings (SSSR count). The Morgan fingerprint density at radius 2 is 1.90 bits per heavy atom. The van der Waals surface area contributed by atoms with E-state index in [-0.39, 0.29) is 11.5 Å². The van der Waals surface area contributed by atoms with E-state index in [1.807, 2.05) is 20.8 Å². The normalized spacial score (nSPS) is 14.4. The van der Waals surface area contributed by atoms with Gasteiger partial charge in [-0.1, -0.05) is 20.8 Å². The second kappa shape index (κ2) is 2.90. The highest BCUT2D eigenvalue weighted by Gasteiger charge is 2.23. The van der Waals surface area contributed by atoms with Gasteiger partial charge in [0.2, 0.25) is 0 Å². The molecule has 3 heteroatoms. The lowest BCUT2D eigenvalue weighted by Crippen LogP contribution is -2.27. The zero-order valence-corrected chi connectivity index (χ0v) is 6.84. The summed E-state index contributed by atoms with van der Waals surface area (Å²) in [5, 5.41) is 8.22. The summed E-state index contributed by atoms with van der Waals surface area (Å²) in [4.78, 5) is 10.0. The minimum atomic E-state index is -1.21. The molecule has 0 saturated heterocycles. The summed E-state index contributed by atoms with van der Waals surface area (Å²) in [6.07, 6.45) is -1.47. The lowest BCUT2D eigenvalue weighted by atomic mass is 9.90. The molecule has 3 nitrogen and oxygen atoms in total. The van der Waals surface area contributed by atoms with E-state index in [0.717, 1.165) is 0 Å². The van der Waals surface area contributed by atoms with Gasteiger partial charge in [-0.05, 0) is 12.3 Å². The predicted molar refractivity (Wildman–Crippen MR) is 38.0 cm³/mol. The highest BCUT2D eigenvalue weighted by atomic mass is 16.7. The monoisotopic (exact) mass is 146 g/mol. The first-order valence-corrected chi connectivity index (χ1v) is 3.23. The van der Waals surface area contributed by atoms with Crippen molar-refractivity contribution in [3.8, 4) is 0 Å². The van der Waals surface area contributed by atoms with Crippen LogP contribution < -0.4 is 0 Å². The molecule has 0 aliphatic heterocycles. The summed E-state index contributed by atoms with van der Waals surface area (Å²) in [7, 11) is 0. The molecule has 0 aromatic rings. The molecule has 0 aromatic heterocycles. The molecule has 10 heavy (non-hydrogen) atoms. The van der Waals surface area contributed by atoms with Gasteiger partial charge in [-0.15, -0.1) is 0 Å². The van der Waals surface area contributed by atoms with Crippen LogP contribution in [0.1, 0.15) is 27.7 Å². The maximum Gasteiger partial charge on any atom is 0.506 e. The van der Waals surface area contributed by atoms with Crippen LogP contribution in [-0.2, 0) is 4.74 Å². The highest BCUT2D eigenvalue weighted by molar-refractivity contribution is 5.57. The van der Waals surface area contributed by atoms with Crippen molar-refractivity contribution in [2.75, 3.05) is 0 Å². The third-order valence-electron chi connectivity index (χ3n) is 1.50. The lowest BCUT2D eigenvalue weighted by Gasteiger charge is -2.25. The second-order valence-corrected chi connectivity index (χ2v) is 3.39. The zero-order chi connectivity index (χ0) is 8.36. The first-order chi connectivity index (χ1) is 4.34. The van der Waals surface area contributed by atoms with E-state index in [1.165, 1.54) is 0 Å². The Bertz CT molecular complexity index is 123. The van der Waals surface area contributed by atoms with Gasteiger partial charge in [-0.2, -0.15) is 0 Å².